The van der Waals surface area contributed by atoms with Gasteiger partial charge in [0.05, 0.1) is 5.92 Å². The number of carbonyl (C=O) groups excluding carboxylic acids is 1. The van der Waals surface area contributed by atoms with Crippen molar-refractivity contribution in [2.45, 2.75) is 38.8 Å². The molecule has 18 heavy (non-hydrogen) atoms. The molecule has 1 atom stereocenters. The van der Waals surface area contributed by atoms with Crippen LogP contribution in [0.15, 0.2) is 30.3 Å². The molecule has 0 heterocycles. The summed E-state index contributed by atoms with van der Waals surface area (Å²) in [5.74, 6) is -0.194. The molecule has 3 nitrogen and oxygen atoms in total. The van der Waals surface area contributed by atoms with E-state index in [9.17, 15) is 4.79 Å². The van der Waals surface area contributed by atoms with Gasteiger partial charge >= 0.3 is 5.97 Å². The first-order valence-electron chi connectivity index (χ1n) is 6.69. The maximum absolute atomic E-state index is 11.8. The van der Waals surface area contributed by atoms with Crippen molar-refractivity contribution in [1.82, 2.24) is 5.32 Å². The number of hydrogen-bond acceptors (Lipinski definition) is 3. The molecule has 0 aromatic heterocycles. The van der Waals surface area contributed by atoms with E-state index in [4.69, 9.17) is 4.74 Å². The molecular weight excluding hydrogens is 226 g/mol. The van der Waals surface area contributed by atoms with Crippen LogP contribution in [-0.2, 0) is 16.1 Å². The van der Waals surface area contributed by atoms with Crippen molar-refractivity contribution in [1.29, 1.82) is 0 Å². The maximum atomic E-state index is 11.8. The Kier molecular flexibility index (Phi) is 4.76. The van der Waals surface area contributed by atoms with Gasteiger partial charge in [0.15, 0.2) is 0 Å². The topological polar surface area (TPSA) is 38.3 Å². The summed E-state index contributed by atoms with van der Waals surface area (Å²) >= 11 is 0. The van der Waals surface area contributed by atoms with E-state index >= 15 is 0 Å². The van der Waals surface area contributed by atoms with Crippen molar-refractivity contribution in [3.8, 4) is 0 Å². The summed E-state index contributed by atoms with van der Waals surface area (Å²) in [7, 11) is 0. The summed E-state index contributed by atoms with van der Waals surface area (Å²) in [5, 5.41) is 3.40. The Morgan fingerprint density at radius 2 is 2.11 bits per heavy atom. The molecule has 0 radical (unpaired) electrons. The SMILES string of the molecule is CC(CNC1CCC1)C(=O)OCc1ccccc1. The van der Waals surface area contributed by atoms with Crippen molar-refractivity contribution >= 4 is 5.97 Å². The van der Waals surface area contributed by atoms with Gasteiger partial charge in [-0.25, -0.2) is 0 Å². The highest BCUT2D eigenvalue weighted by molar-refractivity contribution is 5.72. The third-order valence-electron chi connectivity index (χ3n) is 3.44. The van der Waals surface area contributed by atoms with Crippen molar-refractivity contribution in [2.24, 2.45) is 5.92 Å². The second-order valence-corrected chi connectivity index (χ2v) is 5.03. The number of hydrogen-bond donors (Lipinski definition) is 1. The van der Waals surface area contributed by atoms with Crippen molar-refractivity contribution in [3.05, 3.63) is 35.9 Å². The standard InChI is InChI=1S/C15H21NO2/c1-12(10-16-14-8-5-9-14)15(17)18-11-13-6-3-2-4-7-13/h2-4,6-7,12,14,16H,5,8-11H2,1H3. The highest BCUT2D eigenvalue weighted by atomic mass is 16.5. The molecule has 0 amide bonds. The van der Waals surface area contributed by atoms with E-state index in [1.807, 2.05) is 37.3 Å². The molecule has 1 N–H and O–H groups in total. The van der Waals surface area contributed by atoms with E-state index in [1.54, 1.807) is 0 Å². The smallest absolute Gasteiger partial charge is 0.310 e. The lowest BCUT2D eigenvalue weighted by Gasteiger charge is -2.27. The zero-order valence-electron chi connectivity index (χ0n) is 10.9. The predicted molar refractivity (Wildman–Crippen MR) is 71.0 cm³/mol. The summed E-state index contributed by atoms with van der Waals surface area (Å²) in [5.41, 5.74) is 1.03. The summed E-state index contributed by atoms with van der Waals surface area (Å²) in [4.78, 5) is 11.8. The molecule has 1 aliphatic carbocycles. The van der Waals surface area contributed by atoms with E-state index in [2.05, 4.69) is 5.32 Å². The fourth-order valence-electron chi connectivity index (χ4n) is 1.91. The molecular formula is C15H21NO2. The maximum Gasteiger partial charge on any atom is 0.310 e. The van der Waals surface area contributed by atoms with Gasteiger partial charge in [-0.1, -0.05) is 43.7 Å². The van der Waals surface area contributed by atoms with E-state index < -0.39 is 0 Å². The van der Waals surface area contributed by atoms with Crippen molar-refractivity contribution in [3.63, 3.8) is 0 Å². The van der Waals surface area contributed by atoms with Gasteiger partial charge in [0, 0.05) is 12.6 Å². The predicted octanol–water partition coefficient (Wildman–Crippen LogP) is 2.51. The molecule has 1 fully saturated rings. The van der Waals surface area contributed by atoms with Gasteiger partial charge in [0.25, 0.3) is 0 Å². The molecule has 0 saturated heterocycles. The summed E-state index contributed by atoms with van der Waals surface area (Å²) < 4.78 is 5.29. The molecule has 2 rings (SSSR count). The average Bonchev–Trinajstić information content (AvgIpc) is 2.35. The molecule has 1 aromatic rings. The van der Waals surface area contributed by atoms with Crippen LogP contribution in [0.5, 0.6) is 0 Å². The summed E-state index contributed by atoms with van der Waals surface area (Å²) in [6.07, 6.45) is 3.79. The number of carbonyl (C=O) groups is 1. The minimum absolute atomic E-state index is 0.0747. The van der Waals surface area contributed by atoms with Crippen LogP contribution < -0.4 is 5.32 Å². The summed E-state index contributed by atoms with van der Waals surface area (Å²) in [6.45, 7) is 3.00. The van der Waals surface area contributed by atoms with Gasteiger partial charge in [-0.05, 0) is 18.4 Å². The quantitative estimate of drug-likeness (QED) is 0.785. The highest BCUT2D eigenvalue weighted by Crippen LogP contribution is 2.18. The molecule has 1 aliphatic rings. The first kappa shape index (κ1) is 13.1. The molecule has 0 aliphatic heterocycles. The first-order valence-corrected chi connectivity index (χ1v) is 6.69. The van der Waals surface area contributed by atoms with Crippen LogP contribution in [0.1, 0.15) is 31.7 Å². The summed E-state index contributed by atoms with van der Waals surface area (Å²) in [6, 6.07) is 10.4. The lowest BCUT2D eigenvalue weighted by atomic mass is 9.93. The fourth-order valence-corrected chi connectivity index (χ4v) is 1.91. The molecule has 0 bridgehead atoms. The van der Waals surface area contributed by atoms with Gasteiger partial charge in [0.2, 0.25) is 0 Å². The highest BCUT2D eigenvalue weighted by Gasteiger charge is 2.20. The zero-order valence-corrected chi connectivity index (χ0v) is 10.9. The second-order valence-electron chi connectivity index (χ2n) is 5.03. The normalized spacial score (nSPS) is 16.9. The Morgan fingerprint density at radius 3 is 2.72 bits per heavy atom. The minimum atomic E-state index is -0.120. The molecule has 1 unspecified atom stereocenters. The van der Waals surface area contributed by atoms with E-state index in [-0.39, 0.29) is 11.9 Å². The van der Waals surface area contributed by atoms with Crippen LogP contribution in [0.4, 0.5) is 0 Å². The third-order valence-corrected chi connectivity index (χ3v) is 3.44. The van der Waals surface area contributed by atoms with Crippen LogP contribution in [-0.4, -0.2) is 18.6 Å². The lowest BCUT2D eigenvalue weighted by molar-refractivity contribution is -0.149. The van der Waals surface area contributed by atoms with E-state index in [0.717, 1.165) is 12.1 Å². The molecule has 1 saturated carbocycles. The molecule has 0 spiro atoms. The van der Waals surface area contributed by atoms with Crippen molar-refractivity contribution < 1.29 is 9.53 Å². The van der Waals surface area contributed by atoms with Crippen LogP contribution in [0, 0.1) is 5.92 Å². The van der Waals surface area contributed by atoms with Crippen LogP contribution in [0.25, 0.3) is 0 Å². The van der Waals surface area contributed by atoms with Crippen LogP contribution in [0.2, 0.25) is 0 Å². The Balaban J connectivity index is 1.66. The van der Waals surface area contributed by atoms with Gasteiger partial charge < -0.3 is 10.1 Å². The number of nitrogens with one attached hydrogen (secondary N) is 1. The van der Waals surface area contributed by atoms with E-state index in [0.29, 0.717) is 12.6 Å². The van der Waals surface area contributed by atoms with Gasteiger partial charge in [-0.3, -0.25) is 4.79 Å². The van der Waals surface area contributed by atoms with Crippen molar-refractivity contribution in [2.75, 3.05) is 6.54 Å². The second kappa shape index (κ2) is 6.55. The molecule has 98 valence electrons. The molecule has 3 heteroatoms. The Hall–Kier alpha value is -1.35. The Morgan fingerprint density at radius 1 is 1.39 bits per heavy atom. The largest absolute Gasteiger partial charge is 0.461 e. The van der Waals surface area contributed by atoms with Gasteiger partial charge in [-0.2, -0.15) is 0 Å². The van der Waals surface area contributed by atoms with Crippen LogP contribution >= 0.6 is 0 Å². The van der Waals surface area contributed by atoms with Crippen LogP contribution in [0.3, 0.4) is 0 Å². The zero-order chi connectivity index (χ0) is 12.8. The first-order chi connectivity index (χ1) is 8.75. The van der Waals surface area contributed by atoms with Gasteiger partial charge in [0.1, 0.15) is 6.61 Å². The number of rotatable bonds is 6. The lowest BCUT2D eigenvalue weighted by Crippen LogP contribution is -2.39. The number of ether oxygens (including phenoxy) is 1. The average molecular weight is 247 g/mol. The Labute approximate surface area is 109 Å². The Bertz CT molecular complexity index is 373. The van der Waals surface area contributed by atoms with Gasteiger partial charge in [-0.15, -0.1) is 0 Å². The fraction of sp³-hybridized carbons (Fsp3) is 0.533. The molecule has 1 aromatic carbocycles. The van der Waals surface area contributed by atoms with E-state index in [1.165, 1.54) is 19.3 Å². The monoisotopic (exact) mass is 247 g/mol. The third kappa shape index (κ3) is 3.84. The number of esters is 1. The minimum Gasteiger partial charge on any atom is -0.461 e. The number of benzene rings is 1.